The Hall–Kier alpha value is -2.75. The molecule has 1 N–H and O–H groups in total. The van der Waals surface area contributed by atoms with Crippen LogP contribution in [0.3, 0.4) is 0 Å². The lowest BCUT2D eigenvalue weighted by Gasteiger charge is -2.31. The molecule has 6 nitrogen and oxygen atoms in total. The van der Waals surface area contributed by atoms with Crippen LogP contribution in [0.1, 0.15) is 23.5 Å². The third-order valence-electron chi connectivity index (χ3n) is 6.71. The first-order valence-electron chi connectivity index (χ1n) is 12.8. The number of benzene rings is 2. The van der Waals surface area contributed by atoms with Crippen LogP contribution in [-0.4, -0.2) is 66.8 Å². The van der Waals surface area contributed by atoms with Crippen LogP contribution in [0, 0.1) is 0 Å². The van der Waals surface area contributed by atoms with Crippen LogP contribution in [0.2, 0.25) is 4.34 Å². The van der Waals surface area contributed by atoms with Gasteiger partial charge in [-0.3, -0.25) is 10.2 Å². The average Bonchev–Trinajstić information content (AvgIpc) is 3.61. The second-order valence-electron chi connectivity index (χ2n) is 9.18. The quantitative estimate of drug-likeness (QED) is 0.226. The van der Waals surface area contributed by atoms with Crippen molar-refractivity contribution in [1.29, 1.82) is 0 Å². The van der Waals surface area contributed by atoms with E-state index in [9.17, 15) is 4.79 Å². The van der Waals surface area contributed by atoms with Gasteiger partial charge in [0, 0.05) is 44.0 Å². The molecule has 0 unspecified atom stereocenters. The smallest absolute Gasteiger partial charge is 0.323 e. The number of carbonyl (C=O) groups is 1. The van der Waals surface area contributed by atoms with E-state index < -0.39 is 0 Å². The summed E-state index contributed by atoms with van der Waals surface area (Å²) in [5, 5.41) is 5.60. The first-order valence-corrected chi connectivity index (χ1v) is 14.9. The normalized spacial score (nSPS) is 14.1. The molecule has 2 aromatic carbocycles. The highest BCUT2D eigenvalue weighted by atomic mass is 35.5. The monoisotopic (exact) mass is 566 g/mol. The number of thiazole rings is 1. The molecule has 1 aliphatic heterocycles. The van der Waals surface area contributed by atoms with Gasteiger partial charge in [0.25, 0.3) is 0 Å². The van der Waals surface area contributed by atoms with Crippen molar-refractivity contribution >= 4 is 45.4 Å². The number of morpholine rings is 1. The molecule has 198 valence electrons. The van der Waals surface area contributed by atoms with E-state index in [1.54, 1.807) is 0 Å². The molecule has 9 heteroatoms. The van der Waals surface area contributed by atoms with Crippen molar-refractivity contribution in [3.05, 3.63) is 93.6 Å². The molecular formula is C29H31ClN4O2S2. The first kappa shape index (κ1) is 26.8. The molecule has 1 saturated heterocycles. The van der Waals surface area contributed by atoms with Crippen molar-refractivity contribution < 1.29 is 9.53 Å². The van der Waals surface area contributed by atoms with E-state index >= 15 is 0 Å². The van der Waals surface area contributed by atoms with Crippen molar-refractivity contribution in [3.8, 4) is 10.6 Å². The van der Waals surface area contributed by atoms with E-state index in [0.717, 1.165) is 54.2 Å². The number of halogens is 1. The predicted molar refractivity (Wildman–Crippen MR) is 158 cm³/mol. The number of ether oxygens (including phenoxy) is 1. The van der Waals surface area contributed by atoms with Gasteiger partial charge in [0.2, 0.25) is 0 Å². The summed E-state index contributed by atoms with van der Waals surface area (Å²) in [4.78, 5) is 23.5. The summed E-state index contributed by atoms with van der Waals surface area (Å²) < 4.78 is 6.22. The molecule has 1 aliphatic rings. The summed E-state index contributed by atoms with van der Waals surface area (Å²) in [7, 11) is 0. The van der Waals surface area contributed by atoms with Gasteiger partial charge in [0.1, 0.15) is 0 Å². The number of hydrogen-bond acceptors (Lipinski definition) is 6. The lowest BCUT2D eigenvalue weighted by molar-refractivity contribution is 0.0351. The van der Waals surface area contributed by atoms with Gasteiger partial charge in [0.05, 0.1) is 28.1 Å². The Morgan fingerprint density at radius 3 is 2.32 bits per heavy atom. The summed E-state index contributed by atoms with van der Waals surface area (Å²) in [5.41, 5.74) is 3.34. The van der Waals surface area contributed by atoms with E-state index in [1.165, 1.54) is 33.8 Å². The fourth-order valence-electron chi connectivity index (χ4n) is 4.65. The minimum Gasteiger partial charge on any atom is -0.379 e. The molecule has 0 saturated carbocycles. The molecule has 0 atom stereocenters. The Bertz CT molecular complexity index is 1250. The summed E-state index contributed by atoms with van der Waals surface area (Å²) in [6, 6.07) is 24.8. The summed E-state index contributed by atoms with van der Waals surface area (Å²) >= 11 is 9.01. The Balaban J connectivity index is 1.30. The number of carbonyl (C=O) groups excluding carboxylic acids is 1. The molecule has 4 aromatic rings. The molecule has 0 aliphatic carbocycles. The van der Waals surface area contributed by atoms with Gasteiger partial charge < -0.3 is 9.64 Å². The van der Waals surface area contributed by atoms with E-state index in [4.69, 9.17) is 16.3 Å². The number of nitrogens with one attached hydrogen (secondary N) is 1. The number of hydrogen-bond donors (Lipinski definition) is 1. The van der Waals surface area contributed by atoms with Gasteiger partial charge in [-0.1, -0.05) is 72.3 Å². The number of thiophene rings is 1. The number of urea groups is 1. The molecule has 3 heterocycles. The van der Waals surface area contributed by atoms with Crippen LogP contribution in [0.4, 0.5) is 9.93 Å². The first-order chi connectivity index (χ1) is 18.7. The van der Waals surface area contributed by atoms with Crippen LogP contribution in [-0.2, 0) is 4.74 Å². The number of rotatable bonds is 10. The fraction of sp³-hybridized carbons (Fsp3) is 0.310. The second-order valence-corrected chi connectivity index (χ2v) is 11.7. The van der Waals surface area contributed by atoms with Gasteiger partial charge >= 0.3 is 6.03 Å². The van der Waals surface area contributed by atoms with Gasteiger partial charge in [-0.25, -0.2) is 9.78 Å². The van der Waals surface area contributed by atoms with E-state index in [2.05, 4.69) is 63.7 Å². The van der Waals surface area contributed by atoms with Crippen molar-refractivity contribution in [1.82, 2.24) is 14.8 Å². The largest absolute Gasteiger partial charge is 0.379 e. The zero-order chi connectivity index (χ0) is 26.2. The Kier molecular flexibility index (Phi) is 9.43. The average molecular weight is 567 g/mol. The van der Waals surface area contributed by atoms with Gasteiger partial charge in [-0.05, 0) is 29.7 Å². The minimum atomic E-state index is -0.122. The molecule has 38 heavy (non-hydrogen) atoms. The number of anilines is 1. The highest BCUT2D eigenvalue weighted by Gasteiger charge is 2.21. The Labute approximate surface area is 236 Å². The summed E-state index contributed by atoms with van der Waals surface area (Å²) in [6.45, 7) is 5.35. The molecule has 2 aromatic heterocycles. The maximum Gasteiger partial charge on any atom is 0.323 e. The van der Waals surface area contributed by atoms with Gasteiger partial charge in [-0.15, -0.1) is 22.7 Å². The summed E-state index contributed by atoms with van der Waals surface area (Å²) in [6.07, 6.45) is 0.821. The third kappa shape index (κ3) is 7.21. The van der Waals surface area contributed by atoms with Gasteiger partial charge in [-0.2, -0.15) is 0 Å². The van der Waals surface area contributed by atoms with Crippen LogP contribution in [0.15, 0.2) is 78.2 Å². The van der Waals surface area contributed by atoms with Crippen LogP contribution in [0.25, 0.3) is 10.6 Å². The molecule has 0 bridgehead atoms. The molecule has 0 radical (unpaired) electrons. The van der Waals surface area contributed by atoms with Gasteiger partial charge in [0.15, 0.2) is 5.13 Å². The zero-order valence-electron chi connectivity index (χ0n) is 21.1. The summed E-state index contributed by atoms with van der Waals surface area (Å²) in [5.74, 6) is 0.200. The minimum absolute atomic E-state index is 0.122. The van der Waals surface area contributed by atoms with Crippen molar-refractivity contribution in [3.63, 3.8) is 0 Å². The van der Waals surface area contributed by atoms with Crippen molar-refractivity contribution in [2.45, 2.75) is 12.3 Å². The van der Waals surface area contributed by atoms with E-state index in [1.807, 2.05) is 34.5 Å². The van der Waals surface area contributed by atoms with Crippen LogP contribution in [0.5, 0.6) is 0 Å². The molecule has 1 fully saturated rings. The van der Waals surface area contributed by atoms with Crippen molar-refractivity contribution in [2.24, 2.45) is 0 Å². The zero-order valence-corrected chi connectivity index (χ0v) is 23.5. The van der Waals surface area contributed by atoms with Crippen LogP contribution >= 0.6 is 34.3 Å². The molecule has 0 spiro atoms. The number of aromatic nitrogens is 1. The predicted octanol–water partition coefficient (Wildman–Crippen LogP) is 6.91. The van der Waals surface area contributed by atoms with E-state index in [0.29, 0.717) is 18.2 Å². The maximum atomic E-state index is 13.5. The third-order valence-corrected chi connectivity index (χ3v) is 8.72. The Morgan fingerprint density at radius 2 is 1.68 bits per heavy atom. The standard InChI is InChI=1S/C29H31ClN4O2S2/c30-27-12-11-26(38-27)25-21-37-28(31-25)32-29(35)34(16-15-33-17-19-36-20-18-33)14-13-24(22-7-3-1-4-8-22)23-9-5-2-6-10-23/h1-12,21,24H,13-20H2,(H,31,32,35). The lowest BCUT2D eigenvalue weighted by atomic mass is 9.88. The Morgan fingerprint density at radius 1 is 1.00 bits per heavy atom. The highest BCUT2D eigenvalue weighted by molar-refractivity contribution is 7.20. The SMILES string of the molecule is O=C(Nc1nc(-c2ccc(Cl)s2)cs1)N(CCC(c1ccccc1)c1ccccc1)CCN1CCOCC1. The fourth-order valence-corrected chi connectivity index (χ4v) is 6.43. The van der Waals surface area contributed by atoms with Crippen LogP contribution < -0.4 is 5.32 Å². The number of nitrogens with zero attached hydrogens (tertiary/aromatic N) is 3. The maximum absolute atomic E-state index is 13.5. The van der Waals surface area contributed by atoms with Crippen molar-refractivity contribution in [2.75, 3.05) is 51.3 Å². The molecular weight excluding hydrogens is 536 g/mol. The second kappa shape index (κ2) is 13.4. The number of amides is 2. The lowest BCUT2D eigenvalue weighted by Crippen LogP contribution is -2.44. The molecule has 5 rings (SSSR count). The van der Waals surface area contributed by atoms with E-state index in [-0.39, 0.29) is 11.9 Å². The topological polar surface area (TPSA) is 57.7 Å². The molecule has 2 amide bonds. The highest BCUT2D eigenvalue weighted by Crippen LogP contribution is 2.33.